The topological polar surface area (TPSA) is 51.3 Å². The van der Waals surface area contributed by atoms with E-state index in [2.05, 4.69) is 4.98 Å². The third-order valence-electron chi connectivity index (χ3n) is 3.96. The molecule has 1 heterocycles. The lowest BCUT2D eigenvalue weighted by molar-refractivity contribution is 0.0814. The van der Waals surface area contributed by atoms with Crippen LogP contribution in [0.25, 0.3) is 10.9 Å². The molecule has 0 aliphatic rings. The highest BCUT2D eigenvalue weighted by Gasteiger charge is 2.23. The number of aromatic nitrogens is 1. The highest BCUT2D eigenvalue weighted by atomic mass is 16.5. The molecular formula is C20H21NO3. The Kier molecular flexibility index (Phi) is 4.56. The van der Waals surface area contributed by atoms with Gasteiger partial charge in [0.1, 0.15) is 0 Å². The van der Waals surface area contributed by atoms with E-state index in [1.165, 1.54) is 0 Å². The Labute approximate surface area is 141 Å². The van der Waals surface area contributed by atoms with Gasteiger partial charge in [-0.2, -0.15) is 0 Å². The average Bonchev–Trinajstić information content (AvgIpc) is 2.92. The molecule has 3 rings (SSSR count). The van der Waals surface area contributed by atoms with E-state index in [0.717, 1.165) is 16.6 Å². The van der Waals surface area contributed by atoms with Gasteiger partial charge in [-0.05, 0) is 39.0 Å². The molecule has 24 heavy (non-hydrogen) atoms. The van der Waals surface area contributed by atoms with E-state index in [1.807, 2.05) is 62.4 Å². The van der Waals surface area contributed by atoms with Gasteiger partial charge in [-0.3, -0.25) is 4.79 Å². The first-order chi connectivity index (χ1) is 11.6. The summed E-state index contributed by atoms with van der Waals surface area (Å²) in [5.41, 5.74) is 2.50. The van der Waals surface area contributed by atoms with Gasteiger partial charge in [-0.15, -0.1) is 0 Å². The maximum Gasteiger partial charge on any atom is 0.205 e. The standard InChI is InChI=1S/C20H21NO3/c1-4-23-17-11-7-8-12-18(17)24-14(3)20(22)19-13(2)21-16-10-6-5-9-15(16)19/h5-12,14,21H,4H2,1-3H3/t14-/m1/s1. The summed E-state index contributed by atoms with van der Waals surface area (Å²) in [6.07, 6.45) is -0.607. The molecule has 2 aromatic carbocycles. The molecule has 0 saturated heterocycles. The number of Topliss-reactive ketones (excluding diaryl/α,β-unsaturated/α-hetero) is 1. The summed E-state index contributed by atoms with van der Waals surface area (Å²) in [5.74, 6) is 1.18. The lowest BCUT2D eigenvalue weighted by Crippen LogP contribution is -2.24. The zero-order valence-corrected chi connectivity index (χ0v) is 14.1. The molecule has 0 bridgehead atoms. The number of hydrogen-bond acceptors (Lipinski definition) is 3. The number of benzene rings is 2. The van der Waals surface area contributed by atoms with Crippen molar-refractivity contribution in [2.45, 2.75) is 26.9 Å². The number of ketones is 1. The number of para-hydroxylation sites is 3. The smallest absolute Gasteiger partial charge is 0.205 e. The van der Waals surface area contributed by atoms with Crippen molar-refractivity contribution in [1.82, 2.24) is 4.98 Å². The third-order valence-corrected chi connectivity index (χ3v) is 3.96. The quantitative estimate of drug-likeness (QED) is 0.678. The predicted molar refractivity (Wildman–Crippen MR) is 95.1 cm³/mol. The molecule has 4 heteroatoms. The van der Waals surface area contributed by atoms with E-state index < -0.39 is 6.10 Å². The van der Waals surface area contributed by atoms with Gasteiger partial charge in [0.2, 0.25) is 5.78 Å². The number of ether oxygens (including phenoxy) is 2. The monoisotopic (exact) mass is 323 g/mol. The van der Waals surface area contributed by atoms with Crippen LogP contribution in [-0.4, -0.2) is 23.5 Å². The second-order valence-corrected chi connectivity index (χ2v) is 5.67. The molecule has 0 aliphatic carbocycles. The van der Waals surface area contributed by atoms with Crippen LogP contribution >= 0.6 is 0 Å². The summed E-state index contributed by atoms with van der Waals surface area (Å²) in [5, 5.41) is 0.925. The predicted octanol–water partition coefficient (Wildman–Crippen LogP) is 4.53. The van der Waals surface area contributed by atoms with Gasteiger partial charge in [-0.25, -0.2) is 0 Å². The molecule has 4 nitrogen and oxygen atoms in total. The number of nitrogens with one attached hydrogen (secondary N) is 1. The number of aromatic amines is 1. The lowest BCUT2D eigenvalue weighted by atomic mass is 10.0. The van der Waals surface area contributed by atoms with Gasteiger partial charge >= 0.3 is 0 Å². The fraction of sp³-hybridized carbons (Fsp3) is 0.250. The van der Waals surface area contributed by atoms with E-state index in [4.69, 9.17) is 9.47 Å². The van der Waals surface area contributed by atoms with Crippen molar-refractivity contribution in [3.8, 4) is 11.5 Å². The molecule has 0 amide bonds. The summed E-state index contributed by atoms with van der Waals surface area (Å²) in [6, 6.07) is 15.2. The Bertz CT molecular complexity index is 866. The molecule has 3 aromatic rings. The minimum Gasteiger partial charge on any atom is -0.490 e. The SMILES string of the molecule is CCOc1ccccc1O[C@H](C)C(=O)c1c(C)[nH]c2ccccc12. The van der Waals surface area contributed by atoms with E-state index in [0.29, 0.717) is 23.7 Å². The van der Waals surface area contributed by atoms with Crippen LogP contribution in [0.15, 0.2) is 48.5 Å². The number of aryl methyl sites for hydroxylation is 1. The van der Waals surface area contributed by atoms with E-state index in [-0.39, 0.29) is 5.78 Å². The van der Waals surface area contributed by atoms with Gasteiger partial charge in [0, 0.05) is 22.2 Å². The number of rotatable bonds is 6. The zero-order chi connectivity index (χ0) is 17.1. The zero-order valence-electron chi connectivity index (χ0n) is 14.1. The van der Waals surface area contributed by atoms with Crippen molar-refractivity contribution in [3.05, 3.63) is 59.8 Å². The summed E-state index contributed by atoms with van der Waals surface area (Å²) < 4.78 is 11.5. The van der Waals surface area contributed by atoms with Crippen molar-refractivity contribution in [3.63, 3.8) is 0 Å². The highest BCUT2D eigenvalue weighted by Crippen LogP contribution is 2.29. The second-order valence-electron chi connectivity index (χ2n) is 5.67. The number of H-pyrrole nitrogens is 1. The molecular weight excluding hydrogens is 302 g/mol. The van der Waals surface area contributed by atoms with Crippen LogP contribution in [0.4, 0.5) is 0 Å². The minimum absolute atomic E-state index is 0.0451. The molecule has 1 aromatic heterocycles. The minimum atomic E-state index is -0.607. The Hall–Kier alpha value is -2.75. The van der Waals surface area contributed by atoms with Gasteiger partial charge in [0.15, 0.2) is 17.6 Å². The summed E-state index contributed by atoms with van der Waals surface area (Å²) in [4.78, 5) is 16.2. The van der Waals surface area contributed by atoms with Crippen LogP contribution in [0.1, 0.15) is 29.9 Å². The Morgan fingerprint density at radius 1 is 1.08 bits per heavy atom. The third kappa shape index (κ3) is 3.00. The van der Waals surface area contributed by atoms with Gasteiger partial charge in [0.25, 0.3) is 0 Å². The maximum absolute atomic E-state index is 12.9. The Morgan fingerprint density at radius 3 is 2.50 bits per heavy atom. The normalized spacial score (nSPS) is 12.1. The first kappa shape index (κ1) is 16.1. The number of fused-ring (bicyclic) bond motifs is 1. The van der Waals surface area contributed by atoms with Crippen molar-refractivity contribution in [1.29, 1.82) is 0 Å². The van der Waals surface area contributed by atoms with Crippen LogP contribution in [0.2, 0.25) is 0 Å². The molecule has 0 spiro atoms. The Balaban J connectivity index is 1.89. The molecule has 1 atom stereocenters. The molecule has 0 fully saturated rings. The van der Waals surface area contributed by atoms with Crippen LogP contribution in [0.5, 0.6) is 11.5 Å². The molecule has 0 aliphatic heterocycles. The van der Waals surface area contributed by atoms with Gasteiger partial charge in [-0.1, -0.05) is 30.3 Å². The van der Waals surface area contributed by atoms with Crippen molar-refractivity contribution < 1.29 is 14.3 Å². The largest absolute Gasteiger partial charge is 0.490 e. The lowest BCUT2D eigenvalue weighted by Gasteiger charge is -2.16. The number of carbonyl (C=O) groups excluding carboxylic acids is 1. The van der Waals surface area contributed by atoms with Crippen LogP contribution in [-0.2, 0) is 0 Å². The van der Waals surface area contributed by atoms with Crippen molar-refractivity contribution in [2.75, 3.05) is 6.61 Å². The fourth-order valence-corrected chi connectivity index (χ4v) is 2.86. The first-order valence-electron chi connectivity index (χ1n) is 8.11. The first-order valence-corrected chi connectivity index (χ1v) is 8.11. The average molecular weight is 323 g/mol. The van der Waals surface area contributed by atoms with Crippen molar-refractivity contribution in [2.24, 2.45) is 0 Å². The van der Waals surface area contributed by atoms with Crippen LogP contribution in [0.3, 0.4) is 0 Å². The summed E-state index contributed by atoms with van der Waals surface area (Å²) in [7, 11) is 0. The van der Waals surface area contributed by atoms with E-state index in [1.54, 1.807) is 6.92 Å². The van der Waals surface area contributed by atoms with Gasteiger partial charge < -0.3 is 14.5 Å². The van der Waals surface area contributed by atoms with Crippen LogP contribution in [0, 0.1) is 6.92 Å². The summed E-state index contributed by atoms with van der Waals surface area (Å²) in [6.45, 7) is 6.14. The number of carbonyl (C=O) groups is 1. The number of hydrogen-bond donors (Lipinski definition) is 1. The summed E-state index contributed by atoms with van der Waals surface area (Å²) >= 11 is 0. The molecule has 0 saturated carbocycles. The fourth-order valence-electron chi connectivity index (χ4n) is 2.86. The van der Waals surface area contributed by atoms with Crippen LogP contribution < -0.4 is 9.47 Å². The van der Waals surface area contributed by atoms with E-state index >= 15 is 0 Å². The van der Waals surface area contributed by atoms with E-state index in [9.17, 15) is 4.79 Å². The second kappa shape index (κ2) is 6.79. The highest BCUT2D eigenvalue weighted by molar-refractivity contribution is 6.11. The molecule has 0 unspecified atom stereocenters. The molecule has 124 valence electrons. The van der Waals surface area contributed by atoms with Crippen molar-refractivity contribution >= 4 is 16.7 Å². The van der Waals surface area contributed by atoms with Gasteiger partial charge in [0.05, 0.1) is 6.61 Å². The Morgan fingerprint density at radius 2 is 1.75 bits per heavy atom. The molecule has 0 radical (unpaired) electrons. The maximum atomic E-state index is 12.9. The molecule has 1 N–H and O–H groups in total.